The highest BCUT2D eigenvalue weighted by Crippen LogP contribution is 2.25. The van der Waals surface area contributed by atoms with Gasteiger partial charge in [0.1, 0.15) is 0 Å². The van der Waals surface area contributed by atoms with Crippen molar-refractivity contribution in [3.8, 4) is 0 Å². The second-order valence-electron chi connectivity index (χ2n) is 3.59. The highest BCUT2D eigenvalue weighted by molar-refractivity contribution is 7.88. The van der Waals surface area contributed by atoms with E-state index in [4.69, 9.17) is 0 Å². The summed E-state index contributed by atoms with van der Waals surface area (Å²) in [5.41, 5.74) is -4.60. The first-order chi connectivity index (χ1) is 8.76. The number of rotatable bonds is 4. The molecule has 0 saturated heterocycles. The third kappa shape index (κ3) is 4.55. The number of aliphatic imine (C=N–C) groups is 1. The molecule has 0 aliphatic carbocycles. The molecule has 1 aromatic carbocycles. The molecule has 0 spiro atoms. The molecule has 0 N–H and O–H groups in total. The van der Waals surface area contributed by atoms with Crippen molar-refractivity contribution in [1.82, 2.24) is 0 Å². The van der Waals surface area contributed by atoms with Crippen LogP contribution in [-0.2, 0) is 20.7 Å². The molecule has 0 atom stereocenters. The fourth-order valence-electron chi connectivity index (χ4n) is 1.26. The van der Waals surface area contributed by atoms with Crippen molar-refractivity contribution in [2.45, 2.75) is 18.3 Å². The third-order valence-corrected chi connectivity index (χ3v) is 3.19. The van der Waals surface area contributed by atoms with E-state index in [9.17, 15) is 21.6 Å². The van der Waals surface area contributed by atoms with Crippen LogP contribution in [0, 0.1) is 0 Å². The largest absolute Gasteiger partial charge is 0.534 e. The molecule has 0 aromatic heterocycles. The molecule has 106 valence electrons. The number of benzene rings is 1. The van der Waals surface area contributed by atoms with E-state index >= 15 is 0 Å². The first-order valence-corrected chi connectivity index (χ1v) is 6.67. The van der Waals surface area contributed by atoms with E-state index in [1.807, 2.05) is 0 Å². The first kappa shape index (κ1) is 15.5. The van der Waals surface area contributed by atoms with Gasteiger partial charge < -0.3 is 4.18 Å². The number of nitrogens with zero attached hydrogens (tertiary/aromatic N) is 1. The van der Waals surface area contributed by atoms with Gasteiger partial charge in [-0.15, -0.1) is 0 Å². The summed E-state index contributed by atoms with van der Waals surface area (Å²) in [5, 5.41) is 0. The van der Waals surface area contributed by atoms with Crippen molar-refractivity contribution < 1.29 is 25.8 Å². The van der Waals surface area contributed by atoms with Crippen LogP contribution in [0.1, 0.15) is 12.0 Å². The minimum atomic E-state index is -5.64. The molecule has 0 aliphatic rings. The van der Waals surface area contributed by atoms with Gasteiger partial charge in [0.2, 0.25) is 5.90 Å². The Kier molecular flexibility index (Phi) is 4.93. The summed E-state index contributed by atoms with van der Waals surface area (Å²) in [5.74, 6) is -0.471. The molecule has 0 radical (unpaired) electrons. The van der Waals surface area contributed by atoms with E-state index in [-0.39, 0.29) is 6.42 Å². The molecule has 1 rings (SSSR count). The van der Waals surface area contributed by atoms with E-state index < -0.39 is 21.5 Å². The number of aryl methyl sites for hydroxylation is 1. The lowest BCUT2D eigenvalue weighted by Crippen LogP contribution is -2.28. The molecule has 0 heterocycles. The molecule has 19 heavy (non-hydrogen) atoms. The van der Waals surface area contributed by atoms with E-state index in [1.165, 1.54) is 7.05 Å². The van der Waals surface area contributed by atoms with Gasteiger partial charge in [0, 0.05) is 13.5 Å². The van der Waals surface area contributed by atoms with Gasteiger partial charge in [-0.2, -0.15) is 21.6 Å². The van der Waals surface area contributed by atoms with Crippen molar-refractivity contribution >= 4 is 16.0 Å². The molecule has 4 nitrogen and oxygen atoms in total. The molecule has 0 bridgehead atoms. The van der Waals surface area contributed by atoms with E-state index in [1.54, 1.807) is 30.3 Å². The van der Waals surface area contributed by atoms with Crippen LogP contribution < -0.4 is 0 Å². The summed E-state index contributed by atoms with van der Waals surface area (Å²) in [6, 6.07) is 8.87. The number of halogens is 3. The second kappa shape index (κ2) is 6.05. The SMILES string of the molecule is CN=C(CCc1ccccc1)OS(=O)(=O)C(F)(F)F. The maximum Gasteiger partial charge on any atom is 0.534 e. The quantitative estimate of drug-likeness (QED) is 0.371. The van der Waals surface area contributed by atoms with Gasteiger partial charge in [-0.05, 0) is 12.0 Å². The Balaban J connectivity index is 2.67. The van der Waals surface area contributed by atoms with E-state index in [2.05, 4.69) is 9.18 Å². The Hall–Kier alpha value is -1.57. The standard InChI is InChI=1S/C11H12F3NO3S/c1-15-10(18-19(16,17)11(12,13)14)8-7-9-5-3-2-4-6-9/h2-6H,7-8H2,1H3. The molecule has 0 unspecified atom stereocenters. The van der Waals surface area contributed by atoms with Crippen LogP contribution in [0.4, 0.5) is 13.2 Å². The van der Waals surface area contributed by atoms with Crippen LogP contribution in [0.3, 0.4) is 0 Å². The van der Waals surface area contributed by atoms with Crippen LogP contribution in [0.5, 0.6) is 0 Å². The predicted molar refractivity (Wildman–Crippen MR) is 64.2 cm³/mol. The Morgan fingerprint density at radius 2 is 1.84 bits per heavy atom. The zero-order valence-electron chi connectivity index (χ0n) is 10.0. The van der Waals surface area contributed by atoms with Crippen molar-refractivity contribution in [2.24, 2.45) is 4.99 Å². The van der Waals surface area contributed by atoms with E-state index in [0.29, 0.717) is 6.42 Å². The van der Waals surface area contributed by atoms with Crippen molar-refractivity contribution in [2.75, 3.05) is 7.05 Å². The summed E-state index contributed by atoms with van der Waals surface area (Å²) >= 11 is 0. The number of hydrogen-bond acceptors (Lipinski definition) is 4. The fourth-order valence-corrected chi connectivity index (χ4v) is 1.77. The Morgan fingerprint density at radius 1 is 1.26 bits per heavy atom. The second-order valence-corrected chi connectivity index (χ2v) is 5.12. The van der Waals surface area contributed by atoms with Crippen LogP contribution in [0.15, 0.2) is 35.3 Å². The van der Waals surface area contributed by atoms with Crippen LogP contribution in [0.2, 0.25) is 0 Å². The molecular formula is C11H12F3NO3S. The average molecular weight is 295 g/mol. The number of alkyl halides is 3. The molecular weight excluding hydrogens is 283 g/mol. The first-order valence-electron chi connectivity index (χ1n) is 5.26. The lowest BCUT2D eigenvalue weighted by atomic mass is 10.1. The monoisotopic (exact) mass is 295 g/mol. The van der Waals surface area contributed by atoms with Crippen molar-refractivity contribution in [3.63, 3.8) is 0 Å². The average Bonchev–Trinajstić information content (AvgIpc) is 2.34. The lowest BCUT2D eigenvalue weighted by Gasteiger charge is -2.10. The number of hydrogen-bond donors (Lipinski definition) is 0. The maximum atomic E-state index is 12.1. The Labute approximate surface area is 109 Å². The highest BCUT2D eigenvalue weighted by Gasteiger charge is 2.49. The van der Waals surface area contributed by atoms with Crippen LogP contribution in [-0.4, -0.2) is 26.9 Å². The molecule has 0 amide bonds. The Bertz CT molecular complexity index is 538. The zero-order chi connectivity index (χ0) is 14.5. The van der Waals surface area contributed by atoms with Gasteiger partial charge in [-0.3, -0.25) is 4.99 Å². The maximum absolute atomic E-state index is 12.1. The van der Waals surface area contributed by atoms with Crippen LogP contribution >= 0.6 is 0 Å². The minimum Gasteiger partial charge on any atom is -0.360 e. The summed E-state index contributed by atoms with van der Waals surface area (Å²) < 4.78 is 62.0. The van der Waals surface area contributed by atoms with Crippen molar-refractivity contribution in [1.29, 1.82) is 0 Å². The normalized spacial score (nSPS) is 13.4. The van der Waals surface area contributed by atoms with Gasteiger partial charge in [-0.25, -0.2) is 0 Å². The Morgan fingerprint density at radius 3 is 2.32 bits per heavy atom. The summed E-state index contributed by atoms with van der Waals surface area (Å²) in [6.45, 7) is 0. The third-order valence-electron chi connectivity index (χ3n) is 2.21. The van der Waals surface area contributed by atoms with Crippen LogP contribution in [0.25, 0.3) is 0 Å². The summed E-state index contributed by atoms with van der Waals surface area (Å²) in [6.07, 6.45) is 0.302. The van der Waals surface area contributed by atoms with E-state index in [0.717, 1.165) is 5.56 Å². The van der Waals surface area contributed by atoms with Gasteiger partial charge in [0.05, 0.1) is 0 Å². The van der Waals surface area contributed by atoms with Gasteiger partial charge in [0.15, 0.2) is 0 Å². The predicted octanol–water partition coefficient (Wildman–Crippen LogP) is 2.51. The van der Waals surface area contributed by atoms with Gasteiger partial charge in [0.25, 0.3) is 0 Å². The lowest BCUT2D eigenvalue weighted by molar-refractivity contribution is -0.0505. The molecule has 1 aromatic rings. The molecule has 0 aliphatic heterocycles. The zero-order valence-corrected chi connectivity index (χ0v) is 10.8. The van der Waals surface area contributed by atoms with Gasteiger partial charge >= 0.3 is 15.6 Å². The summed E-state index contributed by atoms with van der Waals surface area (Å²) in [7, 11) is -4.47. The fraction of sp³-hybridized carbons (Fsp3) is 0.364. The molecule has 8 heteroatoms. The smallest absolute Gasteiger partial charge is 0.360 e. The molecule has 0 fully saturated rings. The summed E-state index contributed by atoms with van der Waals surface area (Å²) in [4.78, 5) is 3.42. The highest BCUT2D eigenvalue weighted by atomic mass is 32.2. The van der Waals surface area contributed by atoms with Gasteiger partial charge in [-0.1, -0.05) is 30.3 Å². The minimum absolute atomic E-state index is 0.0319. The topological polar surface area (TPSA) is 55.7 Å². The molecule has 0 saturated carbocycles. The van der Waals surface area contributed by atoms with Crippen molar-refractivity contribution in [3.05, 3.63) is 35.9 Å².